The predicted octanol–water partition coefficient (Wildman–Crippen LogP) is 4.61. The molecule has 3 aromatic carbocycles. The lowest BCUT2D eigenvalue weighted by Crippen LogP contribution is -2.26. The molecule has 2 N–H and O–H groups in total. The van der Waals surface area contributed by atoms with Crippen LogP contribution in [0.1, 0.15) is 40.0 Å². The Balaban J connectivity index is 1.74. The normalized spacial score (nSPS) is 12.0. The molecule has 0 heterocycles. The zero-order valence-electron chi connectivity index (χ0n) is 19.3. The van der Waals surface area contributed by atoms with Crippen molar-refractivity contribution in [3.63, 3.8) is 0 Å². The molecule has 7 nitrogen and oxygen atoms in total. The molecule has 3 rings (SSSR count). The number of benzene rings is 3. The molecular weight excluding hydrogens is 440 g/mol. The zero-order valence-corrected chi connectivity index (χ0v) is 20.1. The van der Waals surface area contributed by atoms with Crippen LogP contribution in [-0.2, 0) is 10.0 Å². The van der Waals surface area contributed by atoms with Crippen molar-refractivity contribution in [3.8, 4) is 11.5 Å². The molecule has 0 aliphatic rings. The van der Waals surface area contributed by atoms with E-state index in [1.54, 1.807) is 69.7 Å². The Hall–Kier alpha value is -3.52. The number of nitrogens with one attached hydrogen (secondary N) is 2. The molecule has 0 saturated heterocycles. The van der Waals surface area contributed by atoms with Crippen LogP contribution in [0.4, 0.5) is 5.69 Å². The molecule has 0 aromatic heterocycles. The van der Waals surface area contributed by atoms with Gasteiger partial charge in [0.2, 0.25) is 0 Å². The van der Waals surface area contributed by atoms with Crippen LogP contribution in [0.25, 0.3) is 0 Å². The molecule has 0 fully saturated rings. The van der Waals surface area contributed by atoms with Gasteiger partial charge in [-0.15, -0.1) is 0 Å². The minimum absolute atomic E-state index is 0.179. The molecule has 174 valence electrons. The number of carbonyl (C=O) groups is 1. The lowest BCUT2D eigenvalue weighted by molar-refractivity contribution is 0.0939. The fourth-order valence-electron chi connectivity index (χ4n) is 3.33. The summed E-state index contributed by atoms with van der Waals surface area (Å²) >= 11 is 0. The van der Waals surface area contributed by atoms with Crippen LogP contribution >= 0.6 is 0 Å². The monoisotopic (exact) mass is 468 g/mol. The number of ether oxygens (including phenoxy) is 2. The lowest BCUT2D eigenvalue weighted by Gasteiger charge is -2.17. The van der Waals surface area contributed by atoms with Gasteiger partial charge in [-0.3, -0.25) is 9.52 Å². The third-order valence-electron chi connectivity index (χ3n) is 5.32. The molecule has 8 heteroatoms. The van der Waals surface area contributed by atoms with Gasteiger partial charge < -0.3 is 14.8 Å². The van der Waals surface area contributed by atoms with Crippen LogP contribution < -0.4 is 19.5 Å². The number of aryl methyl sites for hydroxylation is 2. The maximum atomic E-state index is 12.8. The maximum Gasteiger partial charge on any atom is 0.261 e. The van der Waals surface area contributed by atoms with Crippen molar-refractivity contribution in [2.24, 2.45) is 0 Å². The van der Waals surface area contributed by atoms with Crippen molar-refractivity contribution in [1.82, 2.24) is 5.32 Å². The molecule has 1 atom stereocenters. The van der Waals surface area contributed by atoms with E-state index in [9.17, 15) is 13.2 Å². The van der Waals surface area contributed by atoms with E-state index in [0.717, 1.165) is 11.1 Å². The van der Waals surface area contributed by atoms with Gasteiger partial charge in [0.15, 0.2) is 11.5 Å². The van der Waals surface area contributed by atoms with Crippen LogP contribution in [0.15, 0.2) is 65.6 Å². The second kappa shape index (κ2) is 9.95. The predicted molar refractivity (Wildman–Crippen MR) is 129 cm³/mol. The summed E-state index contributed by atoms with van der Waals surface area (Å²) in [6.07, 6.45) is 0. The third kappa shape index (κ3) is 5.64. The first-order valence-electron chi connectivity index (χ1n) is 10.4. The van der Waals surface area contributed by atoms with Gasteiger partial charge in [-0.1, -0.05) is 23.8 Å². The van der Waals surface area contributed by atoms with Crippen LogP contribution in [0.5, 0.6) is 11.5 Å². The first-order valence-corrected chi connectivity index (χ1v) is 11.9. The number of hydrogen-bond donors (Lipinski definition) is 2. The number of sulfonamides is 1. The first-order chi connectivity index (χ1) is 15.6. The van der Waals surface area contributed by atoms with Gasteiger partial charge in [-0.25, -0.2) is 8.42 Å². The summed E-state index contributed by atoms with van der Waals surface area (Å²) in [6, 6.07) is 16.6. The first kappa shape index (κ1) is 24.1. The van der Waals surface area contributed by atoms with Crippen LogP contribution in [0, 0.1) is 13.8 Å². The molecular formula is C25H28N2O5S. The molecule has 33 heavy (non-hydrogen) atoms. The second-order valence-electron chi connectivity index (χ2n) is 7.76. The second-order valence-corrected chi connectivity index (χ2v) is 9.44. The van der Waals surface area contributed by atoms with Crippen molar-refractivity contribution in [2.45, 2.75) is 31.7 Å². The zero-order chi connectivity index (χ0) is 24.2. The number of rotatable bonds is 8. The largest absolute Gasteiger partial charge is 0.493 e. The van der Waals surface area contributed by atoms with Crippen LogP contribution in [0.2, 0.25) is 0 Å². The van der Waals surface area contributed by atoms with E-state index in [4.69, 9.17) is 9.47 Å². The number of methoxy groups -OCH3 is 2. The van der Waals surface area contributed by atoms with Crippen LogP contribution in [0.3, 0.4) is 0 Å². The van der Waals surface area contributed by atoms with Crippen molar-refractivity contribution >= 4 is 21.6 Å². The Morgan fingerprint density at radius 1 is 0.879 bits per heavy atom. The standard InChI is InChI=1S/C25H28N2O5S/c1-16-6-10-21(11-7-16)33(29,30)27-22-12-8-20(14-17(22)2)25(28)26-18(3)19-9-13-23(31-4)24(15-19)32-5/h6-15,18,27H,1-5H3,(H,26,28)/t18-/m1/s1. The Morgan fingerprint density at radius 2 is 1.55 bits per heavy atom. The van der Waals surface area contributed by atoms with Crippen LogP contribution in [-0.4, -0.2) is 28.5 Å². The molecule has 1 amide bonds. The number of hydrogen-bond acceptors (Lipinski definition) is 5. The summed E-state index contributed by atoms with van der Waals surface area (Å²) in [7, 11) is -0.603. The summed E-state index contributed by atoms with van der Waals surface area (Å²) in [5, 5.41) is 2.95. The van der Waals surface area contributed by atoms with Gasteiger partial charge in [-0.2, -0.15) is 0 Å². The fourth-order valence-corrected chi connectivity index (χ4v) is 4.46. The highest BCUT2D eigenvalue weighted by Crippen LogP contribution is 2.30. The average Bonchev–Trinajstić information content (AvgIpc) is 2.79. The van der Waals surface area contributed by atoms with Gasteiger partial charge in [0, 0.05) is 5.56 Å². The molecule has 0 radical (unpaired) electrons. The van der Waals surface area contributed by atoms with Crippen molar-refractivity contribution < 1.29 is 22.7 Å². The van der Waals surface area contributed by atoms with E-state index in [-0.39, 0.29) is 16.8 Å². The third-order valence-corrected chi connectivity index (χ3v) is 6.70. The lowest BCUT2D eigenvalue weighted by atomic mass is 10.1. The van der Waals surface area contributed by atoms with E-state index in [1.807, 2.05) is 26.0 Å². The summed E-state index contributed by atoms with van der Waals surface area (Å²) < 4.78 is 38.5. The molecule has 0 spiro atoms. The molecule has 0 bridgehead atoms. The Bertz CT molecular complexity index is 1250. The van der Waals surface area contributed by atoms with Gasteiger partial charge in [0.05, 0.1) is 30.8 Å². The Kier molecular flexibility index (Phi) is 7.28. The smallest absolute Gasteiger partial charge is 0.261 e. The fraction of sp³-hybridized carbons (Fsp3) is 0.240. The highest BCUT2D eigenvalue weighted by Gasteiger charge is 2.18. The Morgan fingerprint density at radius 3 is 2.15 bits per heavy atom. The van der Waals surface area contributed by atoms with E-state index < -0.39 is 10.0 Å². The number of amides is 1. The van der Waals surface area contributed by atoms with Gasteiger partial charge in [-0.05, 0) is 74.4 Å². The van der Waals surface area contributed by atoms with Crippen molar-refractivity contribution in [1.29, 1.82) is 0 Å². The average molecular weight is 469 g/mol. The number of carbonyl (C=O) groups excluding carboxylic acids is 1. The van der Waals surface area contributed by atoms with E-state index in [1.165, 1.54) is 0 Å². The van der Waals surface area contributed by atoms with Gasteiger partial charge in [0.1, 0.15) is 0 Å². The molecule has 0 saturated carbocycles. The summed E-state index contributed by atoms with van der Waals surface area (Å²) in [5.41, 5.74) is 3.32. The summed E-state index contributed by atoms with van der Waals surface area (Å²) in [4.78, 5) is 13.0. The van der Waals surface area contributed by atoms with E-state index in [0.29, 0.717) is 28.3 Å². The SMILES string of the molecule is COc1ccc([C@@H](C)NC(=O)c2ccc(NS(=O)(=O)c3ccc(C)cc3)c(C)c2)cc1OC. The minimum atomic E-state index is -3.73. The highest BCUT2D eigenvalue weighted by atomic mass is 32.2. The van der Waals surface area contributed by atoms with Gasteiger partial charge >= 0.3 is 0 Å². The number of anilines is 1. The maximum absolute atomic E-state index is 12.8. The van der Waals surface area contributed by atoms with E-state index >= 15 is 0 Å². The van der Waals surface area contributed by atoms with Crippen molar-refractivity contribution in [2.75, 3.05) is 18.9 Å². The van der Waals surface area contributed by atoms with E-state index in [2.05, 4.69) is 10.0 Å². The van der Waals surface area contributed by atoms with Gasteiger partial charge in [0.25, 0.3) is 15.9 Å². The molecule has 0 unspecified atom stereocenters. The minimum Gasteiger partial charge on any atom is -0.493 e. The quantitative estimate of drug-likeness (QED) is 0.503. The Labute approximate surface area is 194 Å². The molecule has 0 aliphatic carbocycles. The topological polar surface area (TPSA) is 93.7 Å². The highest BCUT2D eigenvalue weighted by molar-refractivity contribution is 7.92. The summed E-state index contributed by atoms with van der Waals surface area (Å²) in [6.45, 7) is 5.52. The van der Waals surface area contributed by atoms with Crippen molar-refractivity contribution in [3.05, 3.63) is 82.9 Å². The molecule has 3 aromatic rings. The molecule has 0 aliphatic heterocycles. The summed E-state index contributed by atoms with van der Waals surface area (Å²) in [5.74, 6) is 0.921.